The van der Waals surface area contributed by atoms with Gasteiger partial charge in [0.1, 0.15) is 0 Å². The summed E-state index contributed by atoms with van der Waals surface area (Å²) in [7, 11) is 3.80. The van der Waals surface area contributed by atoms with Crippen molar-refractivity contribution in [3.8, 4) is 0 Å². The van der Waals surface area contributed by atoms with Crippen LogP contribution in [0.2, 0.25) is 0 Å². The van der Waals surface area contributed by atoms with E-state index in [2.05, 4.69) is 20.1 Å². The molecule has 2 saturated heterocycles. The van der Waals surface area contributed by atoms with Crippen molar-refractivity contribution in [1.29, 1.82) is 0 Å². The molecular weight excluding hydrogens is 176 g/mol. The molecule has 0 spiro atoms. The second-order valence-corrected chi connectivity index (χ2v) is 4.08. The van der Waals surface area contributed by atoms with Crippen LogP contribution in [-0.4, -0.2) is 62.1 Å². The lowest BCUT2D eigenvalue weighted by Gasteiger charge is -2.38. The Morgan fingerprint density at radius 1 is 1.36 bits per heavy atom. The third kappa shape index (κ3) is 1.71. The zero-order valence-corrected chi connectivity index (χ0v) is 9.16. The van der Waals surface area contributed by atoms with Gasteiger partial charge in [0.05, 0.1) is 0 Å². The number of nitrogens with one attached hydrogen (secondary N) is 1. The Morgan fingerprint density at radius 2 is 2.21 bits per heavy atom. The fourth-order valence-electron chi connectivity index (χ4n) is 2.59. The smallest absolute Gasteiger partial charge is 0.193 e. The first-order valence-corrected chi connectivity index (χ1v) is 5.48. The molecule has 0 amide bonds. The van der Waals surface area contributed by atoms with Gasteiger partial charge in [-0.3, -0.25) is 9.89 Å². The van der Waals surface area contributed by atoms with Crippen LogP contribution in [0.25, 0.3) is 0 Å². The van der Waals surface area contributed by atoms with Gasteiger partial charge < -0.3 is 10.2 Å². The third-order valence-corrected chi connectivity index (χ3v) is 3.32. The average Bonchev–Trinajstić information content (AvgIpc) is 2.66. The van der Waals surface area contributed by atoms with Crippen molar-refractivity contribution < 1.29 is 0 Å². The monoisotopic (exact) mass is 196 g/mol. The maximum atomic E-state index is 4.26. The van der Waals surface area contributed by atoms with Crippen molar-refractivity contribution in [3.05, 3.63) is 0 Å². The fraction of sp³-hybridized carbons (Fsp3) is 0.900. The molecule has 2 aliphatic rings. The van der Waals surface area contributed by atoms with E-state index in [9.17, 15) is 0 Å². The SMILES string of the molecule is CN=C(NC)N1CCN2CCCC2C1. The Hall–Kier alpha value is -0.770. The van der Waals surface area contributed by atoms with Crippen molar-refractivity contribution in [1.82, 2.24) is 15.1 Å². The standard InChI is InChI=1S/C10H20N4/c1-11-10(12-2)14-7-6-13-5-3-4-9(13)8-14/h9H,3-8H2,1-2H3,(H,11,12). The lowest BCUT2D eigenvalue weighted by molar-refractivity contribution is 0.149. The molecule has 1 unspecified atom stereocenters. The molecule has 0 bridgehead atoms. The van der Waals surface area contributed by atoms with Crippen LogP contribution in [0.3, 0.4) is 0 Å². The van der Waals surface area contributed by atoms with E-state index in [1.54, 1.807) is 0 Å². The molecule has 2 aliphatic heterocycles. The van der Waals surface area contributed by atoms with Crippen LogP contribution in [0.5, 0.6) is 0 Å². The highest BCUT2D eigenvalue weighted by molar-refractivity contribution is 5.79. The molecule has 0 aliphatic carbocycles. The molecule has 4 heteroatoms. The Bertz CT molecular complexity index is 226. The zero-order valence-electron chi connectivity index (χ0n) is 9.16. The second-order valence-electron chi connectivity index (χ2n) is 4.08. The maximum absolute atomic E-state index is 4.26. The summed E-state index contributed by atoms with van der Waals surface area (Å²) in [5.41, 5.74) is 0. The minimum Gasteiger partial charge on any atom is -0.359 e. The Kier molecular flexibility index (Phi) is 2.91. The summed E-state index contributed by atoms with van der Waals surface area (Å²) in [5, 5.41) is 3.16. The van der Waals surface area contributed by atoms with E-state index in [0.29, 0.717) is 0 Å². The molecule has 4 nitrogen and oxygen atoms in total. The van der Waals surface area contributed by atoms with Gasteiger partial charge in [-0.15, -0.1) is 0 Å². The highest BCUT2D eigenvalue weighted by Gasteiger charge is 2.31. The summed E-state index contributed by atoms with van der Waals surface area (Å²) in [6.45, 7) is 4.76. The van der Waals surface area contributed by atoms with Gasteiger partial charge in [-0.1, -0.05) is 0 Å². The summed E-state index contributed by atoms with van der Waals surface area (Å²) in [4.78, 5) is 9.24. The molecule has 2 fully saturated rings. The first kappa shape index (κ1) is 9.77. The van der Waals surface area contributed by atoms with E-state index in [0.717, 1.165) is 25.1 Å². The van der Waals surface area contributed by atoms with E-state index < -0.39 is 0 Å². The van der Waals surface area contributed by atoms with Crippen LogP contribution in [0.4, 0.5) is 0 Å². The predicted octanol–water partition coefficient (Wildman–Crippen LogP) is -0.0284. The van der Waals surface area contributed by atoms with E-state index in [-0.39, 0.29) is 0 Å². The van der Waals surface area contributed by atoms with Crippen LogP contribution in [0.15, 0.2) is 4.99 Å². The van der Waals surface area contributed by atoms with E-state index in [1.165, 1.54) is 25.9 Å². The number of fused-ring (bicyclic) bond motifs is 1. The topological polar surface area (TPSA) is 30.9 Å². The van der Waals surface area contributed by atoms with E-state index in [4.69, 9.17) is 0 Å². The van der Waals surface area contributed by atoms with Crippen LogP contribution in [0, 0.1) is 0 Å². The average molecular weight is 196 g/mol. The summed E-state index contributed by atoms with van der Waals surface area (Å²) in [5.74, 6) is 1.04. The van der Waals surface area contributed by atoms with Gasteiger partial charge in [-0.2, -0.15) is 0 Å². The molecule has 0 saturated carbocycles. The van der Waals surface area contributed by atoms with Gasteiger partial charge in [0.25, 0.3) is 0 Å². The largest absolute Gasteiger partial charge is 0.359 e. The molecule has 1 N–H and O–H groups in total. The quantitative estimate of drug-likeness (QED) is 0.436. The van der Waals surface area contributed by atoms with E-state index in [1.807, 2.05) is 14.1 Å². The van der Waals surface area contributed by atoms with Crippen molar-refractivity contribution in [2.75, 3.05) is 40.3 Å². The summed E-state index contributed by atoms with van der Waals surface area (Å²) in [6.07, 6.45) is 2.73. The second kappa shape index (κ2) is 4.17. The minimum atomic E-state index is 0.772. The molecule has 0 aromatic carbocycles. The van der Waals surface area contributed by atoms with Crippen LogP contribution in [0.1, 0.15) is 12.8 Å². The highest BCUT2D eigenvalue weighted by Crippen LogP contribution is 2.21. The summed E-state index contributed by atoms with van der Waals surface area (Å²) >= 11 is 0. The summed E-state index contributed by atoms with van der Waals surface area (Å²) < 4.78 is 0. The number of rotatable bonds is 0. The maximum Gasteiger partial charge on any atom is 0.193 e. The van der Waals surface area contributed by atoms with Crippen LogP contribution in [-0.2, 0) is 0 Å². The predicted molar refractivity (Wildman–Crippen MR) is 58.6 cm³/mol. The Morgan fingerprint density at radius 3 is 2.93 bits per heavy atom. The first-order valence-electron chi connectivity index (χ1n) is 5.48. The zero-order chi connectivity index (χ0) is 9.97. The third-order valence-electron chi connectivity index (χ3n) is 3.32. The number of guanidine groups is 1. The lowest BCUT2D eigenvalue weighted by Crippen LogP contribution is -2.54. The lowest BCUT2D eigenvalue weighted by atomic mass is 10.1. The van der Waals surface area contributed by atoms with Crippen LogP contribution >= 0.6 is 0 Å². The Balaban J connectivity index is 1.97. The van der Waals surface area contributed by atoms with Crippen molar-refractivity contribution >= 4 is 5.96 Å². The van der Waals surface area contributed by atoms with Gasteiger partial charge >= 0.3 is 0 Å². The summed E-state index contributed by atoms with van der Waals surface area (Å²) in [6, 6.07) is 0.772. The van der Waals surface area contributed by atoms with Crippen LogP contribution < -0.4 is 5.32 Å². The number of aliphatic imine (C=N–C) groups is 1. The number of nitrogens with zero attached hydrogens (tertiary/aromatic N) is 3. The van der Waals surface area contributed by atoms with Crippen molar-refractivity contribution in [3.63, 3.8) is 0 Å². The molecule has 2 heterocycles. The molecule has 14 heavy (non-hydrogen) atoms. The number of hydrogen-bond acceptors (Lipinski definition) is 2. The normalized spacial score (nSPS) is 29.1. The molecule has 0 aromatic heterocycles. The number of piperazine rings is 1. The minimum absolute atomic E-state index is 0.772. The molecule has 0 radical (unpaired) electrons. The van der Waals surface area contributed by atoms with E-state index >= 15 is 0 Å². The highest BCUT2D eigenvalue weighted by atomic mass is 15.4. The van der Waals surface area contributed by atoms with Gasteiger partial charge in [0.15, 0.2) is 5.96 Å². The number of hydrogen-bond donors (Lipinski definition) is 1. The fourth-order valence-corrected chi connectivity index (χ4v) is 2.59. The molecule has 2 rings (SSSR count). The van der Waals surface area contributed by atoms with Gasteiger partial charge in [0, 0.05) is 39.8 Å². The first-order chi connectivity index (χ1) is 6.85. The molecule has 0 aromatic rings. The molecule has 1 atom stereocenters. The van der Waals surface area contributed by atoms with Crippen molar-refractivity contribution in [2.45, 2.75) is 18.9 Å². The molecule has 80 valence electrons. The molecular formula is C10H20N4. The van der Waals surface area contributed by atoms with Gasteiger partial charge in [-0.05, 0) is 19.4 Å². The van der Waals surface area contributed by atoms with Gasteiger partial charge in [0.2, 0.25) is 0 Å². The van der Waals surface area contributed by atoms with Gasteiger partial charge in [-0.25, -0.2) is 0 Å². The van der Waals surface area contributed by atoms with Crippen molar-refractivity contribution in [2.24, 2.45) is 4.99 Å². The Labute approximate surface area is 86.0 Å².